The molecule has 3 rings (SSSR count). The third-order valence-electron chi connectivity index (χ3n) is 3.81. The summed E-state index contributed by atoms with van der Waals surface area (Å²) in [5.74, 6) is 0.0444. The van der Waals surface area contributed by atoms with Gasteiger partial charge in [-0.2, -0.15) is 4.80 Å². The van der Waals surface area contributed by atoms with Gasteiger partial charge in [-0.25, -0.2) is 4.39 Å². The molecule has 25 heavy (non-hydrogen) atoms. The number of benzene rings is 2. The van der Waals surface area contributed by atoms with Gasteiger partial charge in [0.15, 0.2) is 0 Å². The number of hydrogen-bond acceptors (Lipinski definition) is 4. The van der Waals surface area contributed by atoms with E-state index in [4.69, 9.17) is 0 Å². The summed E-state index contributed by atoms with van der Waals surface area (Å²) in [7, 11) is 0. The first-order valence-electron chi connectivity index (χ1n) is 7.97. The van der Waals surface area contributed by atoms with E-state index < -0.39 is 0 Å². The van der Waals surface area contributed by atoms with Crippen molar-refractivity contribution in [3.05, 3.63) is 66.0 Å². The summed E-state index contributed by atoms with van der Waals surface area (Å²) in [6.07, 6.45) is 0. The Kier molecular flexibility index (Phi) is 5.13. The quantitative estimate of drug-likeness (QED) is 0.748. The fourth-order valence-electron chi connectivity index (χ4n) is 2.38. The molecule has 0 unspecified atom stereocenters. The Bertz CT molecular complexity index is 832. The van der Waals surface area contributed by atoms with E-state index in [-0.39, 0.29) is 24.2 Å². The first-order valence-corrected chi connectivity index (χ1v) is 7.97. The summed E-state index contributed by atoms with van der Waals surface area (Å²) < 4.78 is 12.9. The van der Waals surface area contributed by atoms with Crippen molar-refractivity contribution in [1.29, 1.82) is 0 Å². The molecule has 0 spiro atoms. The highest BCUT2D eigenvalue weighted by molar-refractivity contribution is 5.75. The van der Waals surface area contributed by atoms with E-state index in [2.05, 4.69) is 27.7 Å². The molecule has 3 aromatic rings. The predicted octanol–water partition coefficient (Wildman–Crippen LogP) is 2.40. The lowest BCUT2D eigenvalue weighted by atomic mass is 10.0. The van der Waals surface area contributed by atoms with Crippen LogP contribution in [0.25, 0.3) is 11.4 Å². The van der Waals surface area contributed by atoms with Crippen molar-refractivity contribution in [1.82, 2.24) is 25.5 Å². The van der Waals surface area contributed by atoms with Crippen LogP contribution in [0.15, 0.2) is 54.6 Å². The van der Waals surface area contributed by atoms with Crippen LogP contribution in [0.4, 0.5) is 4.39 Å². The van der Waals surface area contributed by atoms with E-state index in [1.54, 1.807) is 12.1 Å². The molecule has 1 heterocycles. The maximum Gasteiger partial charge on any atom is 0.243 e. The molecule has 1 N–H and O–H groups in total. The maximum atomic E-state index is 12.9. The van der Waals surface area contributed by atoms with E-state index in [0.29, 0.717) is 17.9 Å². The minimum atomic E-state index is -0.331. The van der Waals surface area contributed by atoms with Crippen molar-refractivity contribution >= 4 is 5.91 Å². The van der Waals surface area contributed by atoms with Gasteiger partial charge in [-0.05, 0) is 41.0 Å². The van der Waals surface area contributed by atoms with Gasteiger partial charge in [0.25, 0.3) is 0 Å². The molecule has 6 nitrogen and oxygen atoms in total. The van der Waals surface area contributed by atoms with Gasteiger partial charge >= 0.3 is 0 Å². The average Bonchev–Trinajstić information content (AvgIpc) is 3.09. The first-order chi connectivity index (χ1) is 12.1. The second-order valence-electron chi connectivity index (χ2n) is 5.77. The average molecular weight is 339 g/mol. The summed E-state index contributed by atoms with van der Waals surface area (Å²) in [5, 5.41) is 14.8. The molecule has 0 saturated heterocycles. The molecule has 1 aromatic heterocycles. The lowest BCUT2D eigenvalue weighted by molar-refractivity contribution is -0.122. The zero-order chi connectivity index (χ0) is 17.6. The zero-order valence-corrected chi connectivity index (χ0v) is 13.8. The number of nitrogens with zero attached hydrogens (tertiary/aromatic N) is 4. The van der Waals surface area contributed by atoms with Gasteiger partial charge in [0.1, 0.15) is 12.4 Å². The van der Waals surface area contributed by atoms with Crippen LogP contribution in [0.2, 0.25) is 0 Å². The van der Waals surface area contributed by atoms with Gasteiger partial charge in [0, 0.05) is 12.1 Å². The summed E-state index contributed by atoms with van der Waals surface area (Å²) >= 11 is 0. The molecule has 0 aliphatic carbocycles. The number of aromatic nitrogens is 4. The number of carbonyl (C=O) groups is 1. The third-order valence-corrected chi connectivity index (χ3v) is 3.81. The van der Waals surface area contributed by atoms with Gasteiger partial charge in [0.05, 0.1) is 0 Å². The molecule has 0 aliphatic rings. The van der Waals surface area contributed by atoms with Gasteiger partial charge < -0.3 is 5.32 Å². The van der Waals surface area contributed by atoms with Crippen molar-refractivity contribution < 1.29 is 9.18 Å². The molecule has 7 heteroatoms. The summed E-state index contributed by atoms with van der Waals surface area (Å²) in [6.45, 7) is 2.56. The number of carbonyl (C=O) groups excluding carboxylic acids is 1. The van der Waals surface area contributed by atoms with E-state index in [1.165, 1.54) is 22.5 Å². The van der Waals surface area contributed by atoms with Crippen molar-refractivity contribution in [2.75, 3.05) is 6.54 Å². The SMILES string of the molecule is C[C@H](CNC(=O)Cn1nnc(-c2ccc(F)cc2)n1)c1ccccc1. The number of tetrazole rings is 1. The molecule has 1 amide bonds. The monoisotopic (exact) mass is 339 g/mol. The fraction of sp³-hybridized carbons (Fsp3) is 0.222. The Morgan fingerprint density at radius 2 is 1.88 bits per heavy atom. The number of hydrogen-bond donors (Lipinski definition) is 1. The van der Waals surface area contributed by atoms with Crippen molar-refractivity contribution in [2.45, 2.75) is 19.4 Å². The van der Waals surface area contributed by atoms with Crippen LogP contribution in [0.1, 0.15) is 18.4 Å². The lowest BCUT2D eigenvalue weighted by Crippen LogP contribution is -2.31. The summed E-state index contributed by atoms with van der Waals surface area (Å²) in [4.78, 5) is 13.3. The molecule has 0 radical (unpaired) electrons. The largest absolute Gasteiger partial charge is 0.354 e. The van der Waals surface area contributed by atoms with Crippen LogP contribution in [0.3, 0.4) is 0 Å². The Hall–Kier alpha value is -3.09. The minimum Gasteiger partial charge on any atom is -0.354 e. The van der Waals surface area contributed by atoms with E-state index >= 15 is 0 Å². The highest BCUT2D eigenvalue weighted by Gasteiger charge is 2.11. The van der Waals surface area contributed by atoms with Crippen molar-refractivity contribution in [3.63, 3.8) is 0 Å². The number of nitrogens with one attached hydrogen (secondary N) is 1. The number of amides is 1. The molecular formula is C18H18FN5O. The van der Waals surface area contributed by atoms with E-state index in [9.17, 15) is 9.18 Å². The van der Waals surface area contributed by atoms with Gasteiger partial charge in [0.2, 0.25) is 11.7 Å². The first kappa shape index (κ1) is 16.8. The van der Waals surface area contributed by atoms with Crippen LogP contribution < -0.4 is 5.32 Å². The molecule has 0 saturated carbocycles. The summed E-state index contributed by atoms with van der Waals surface area (Å²) in [6, 6.07) is 15.8. The van der Waals surface area contributed by atoms with E-state index in [0.717, 1.165) is 0 Å². The fourth-order valence-corrected chi connectivity index (χ4v) is 2.38. The molecule has 0 fully saturated rings. The maximum absolute atomic E-state index is 12.9. The Morgan fingerprint density at radius 1 is 1.16 bits per heavy atom. The standard InChI is InChI=1S/C18H18FN5O/c1-13(14-5-3-2-4-6-14)11-20-17(25)12-24-22-18(21-23-24)15-7-9-16(19)10-8-15/h2-10,13H,11-12H2,1H3,(H,20,25)/t13-/m1/s1. The highest BCUT2D eigenvalue weighted by Crippen LogP contribution is 2.14. The van der Waals surface area contributed by atoms with E-state index in [1.807, 2.05) is 30.3 Å². The third kappa shape index (κ3) is 4.47. The smallest absolute Gasteiger partial charge is 0.243 e. The summed E-state index contributed by atoms with van der Waals surface area (Å²) in [5.41, 5.74) is 1.81. The molecule has 0 bridgehead atoms. The second-order valence-corrected chi connectivity index (χ2v) is 5.77. The van der Waals surface area contributed by atoms with Crippen LogP contribution in [0, 0.1) is 5.82 Å². The van der Waals surface area contributed by atoms with Gasteiger partial charge in [-0.3, -0.25) is 4.79 Å². The Labute approximate surface area is 144 Å². The number of halogens is 1. The molecule has 1 atom stereocenters. The van der Waals surface area contributed by atoms with Gasteiger partial charge in [-0.15, -0.1) is 10.2 Å². The van der Waals surface area contributed by atoms with Crippen molar-refractivity contribution in [2.24, 2.45) is 0 Å². The molecular weight excluding hydrogens is 321 g/mol. The van der Waals surface area contributed by atoms with Crippen molar-refractivity contribution in [3.8, 4) is 11.4 Å². The van der Waals surface area contributed by atoms with Gasteiger partial charge in [-0.1, -0.05) is 37.3 Å². The van der Waals surface area contributed by atoms with Crippen LogP contribution in [-0.4, -0.2) is 32.7 Å². The second kappa shape index (κ2) is 7.65. The predicted molar refractivity (Wildman–Crippen MR) is 91.1 cm³/mol. The highest BCUT2D eigenvalue weighted by atomic mass is 19.1. The number of rotatable bonds is 6. The lowest BCUT2D eigenvalue weighted by Gasteiger charge is -2.12. The Morgan fingerprint density at radius 3 is 2.60 bits per heavy atom. The van der Waals surface area contributed by atoms with Crippen LogP contribution in [-0.2, 0) is 11.3 Å². The molecule has 0 aliphatic heterocycles. The van der Waals surface area contributed by atoms with Crippen LogP contribution in [0.5, 0.6) is 0 Å². The topological polar surface area (TPSA) is 72.7 Å². The van der Waals surface area contributed by atoms with Crippen LogP contribution >= 0.6 is 0 Å². The zero-order valence-electron chi connectivity index (χ0n) is 13.8. The normalized spacial score (nSPS) is 11.9. The molecule has 2 aromatic carbocycles. The minimum absolute atomic E-state index is 0.0182. The molecule has 128 valence electrons. The Balaban J connectivity index is 1.54.